The van der Waals surface area contributed by atoms with Gasteiger partial charge in [0.2, 0.25) is 5.91 Å². The lowest BCUT2D eigenvalue weighted by Gasteiger charge is -2.29. The van der Waals surface area contributed by atoms with Gasteiger partial charge in [-0.25, -0.2) is 19.6 Å². The van der Waals surface area contributed by atoms with Gasteiger partial charge >= 0.3 is 12.2 Å². The van der Waals surface area contributed by atoms with Crippen LogP contribution in [0.15, 0.2) is 79.0 Å². The molecule has 1 atom stereocenters. The van der Waals surface area contributed by atoms with Gasteiger partial charge in [0.05, 0.1) is 50.2 Å². The van der Waals surface area contributed by atoms with Crippen molar-refractivity contribution >= 4 is 45.8 Å². The second-order valence-electron chi connectivity index (χ2n) is 15.2. The largest absolute Gasteiger partial charge is 0.488 e. The lowest BCUT2D eigenvalue weighted by atomic mass is 9.92. The molecule has 0 spiro atoms. The molecule has 4 aromatic carbocycles. The average Bonchev–Trinajstić information content (AvgIpc) is 3.97. The first-order valence-electron chi connectivity index (χ1n) is 21.6. The predicted molar refractivity (Wildman–Crippen MR) is 246 cm³/mol. The van der Waals surface area contributed by atoms with Crippen molar-refractivity contribution in [1.29, 1.82) is 0 Å². The summed E-state index contributed by atoms with van der Waals surface area (Å²) in [5.41, 5.74) is 6.45. The maximum absolute atomic E-state index is 15.4. The number of alkyl carbamates (subject to hydrolysis) is 1. The number of benzene rings is 4. The van der Waals surface area contributed by atoms with Crippen molar-refractivity contribution in [3.63, 3.8) is 0 Å². The van der Waals surface area contributed by atoms with Crippen LogP contribution < -0.4 is 10.1 Å². The zero-order valence-electron chi connectivity index (χ0n) is 38.3. The molecular weight excluding hydrogens is 836 g/mol. The first kappa shape index (κ1) is 49.0. The molecule has 346 valence electrons. The van der Waals surface area contributed by atoms with Gasteiger partial charge in [-0.1, -0.05) is 87.1 Å². The highest BCUT2D eigenvalue weighted by molar-refractivity contribution is 6.07. The van der Waals surface area contributed by atoms with E-state index in [1.165, 1.54) is 18.4 Å². The average molecular weight is 895 g/mol. The number of hydrogen-bond donors (Lipinski definition) is 3. The summed E-state index contributed by atoms with van der Waals surface area (Å²) in [7, 11) is 5.56. The Morgan fingerprint density at radius 1 is 0.831 bits per heavy atom. The summed E-state index contributed by atoms with van der Waals surface area (Å²) in [5, 5.41) is 4.07. The third-order valence-corrected chi connectivity index (χ3v) is 10.2. The Bertz CT molecular complexity index is 2540. The normalized spacial score (nSPS) is 11.6. The fraction of sp³-hybridized carbons (Fsp3) is 0.375. The fourth-order valence-electron chi connectivity index (χ4n) is 7.33. The molecule has 4 amide bonds. The van der Waals surface area contributed by atoms with Crippen LogP contribution in [0.3, 0.4) is 0 Å². The highest BCUT2D eigenvalue weighted by atomic mass is 19.2. The fourth-order valence-corrected chi connectivity index (χ4v) is 7.33. The lowest BCUT2D eigenvalue weighted by Crippen LogP contribution is -2.42. The maximum Gasteiger partial charge on any atom is 0.438 e. The van der Waals surface area contributed by atoms with Crippen molar-refractivity contribution < 1.29 is 42.6 Å². The Morgan fingerprint density at radius 2 is 1.52 bits per heavy atom. The Balaban J connectivity index is 0.00000125. The number of methoxy groups -OCH3 is 3. The van der Waals surface area contributed by atoms with E-state index < -0.39 is 24.1 Å². The van der Waals surface area contributed by atoms with Crippen molar-refractivity contribution in [1.82, 2.24) is 40.2 Å². The van der Waals surface area contributed by atoms with Crippen LogP contribution in [0, 0.1) is 0 Å². The Morgan fingerprint density at radius 3 is 2.20 bits per heavy atom. The van der Waals surface area contributed by atoms with Crippen LogP contribution in [0.2, 0.25) is 0 Å². The van der Waals surface area contributed by atoms with Crippen LogP contribution in [0.25, 0.3) is 44.2 Å². The van der Waals surface area contributed by atoms with Gasteiger partial charge in [0.15, 0.2) is 6.04 Å². The number of aromatic amines is 2. The molecule has 0 fully saturated rings. The summed E-state index contributed by atoms with van der Waals surface area (Å²) in [5.74, 6) is 0.978. The van der Waals surface area contributed by atoms with E-state index in [-0.39, 0.29) is 30.7 Å². The smallest absolute Gasteiger partial charge is 0.438 e. The number of amides is 4. The van der Waals surface area contributed by atoms with Crippen LogP contribution in [0.4, 0.5) is 14.1 Å². The van der Waals surface area contributed by atoms with Crippen LogP contribution in [-0.4, -0.2) is 107 Å². The highest BCUT2D eigenvalue weighted by Crippen LogP contribution is 2.42. The summed E-state index contributed by atoms with van der Waals surface area (Å²) in [6.45, 7) is 9.42. The minimum absolute atomic E-state index is 0.0554. The molecule has 0 saturated heterocycles. The van der Waals surface area contributed by atoms with Crippen molar-refractivity contribution in [2.24, 2.45) is 0 Å². The van der Waals surface area contributed by atoms with Crippen LogP contribution >= 0.6 is 0 Å². The molecule has 0 bridgehead atoms. The monoisotopic (exact) mass is 894 g/mol. The molecule has 1 aliphatic heterocycles. The number of rotatable bonds is 14. The minimum atomic E-state index is -1.54. The number of imidazole rings is 2. The zero-order chi connectivity index (χ0) is 47.0. The summed E-state index contributed by atoms with van der Waals surface area (Å²) < 4.78 is 35.2. The number of ether oxygens (including phenoxy) is 4. The van der Waals surface area contributed by atoms with Gasteiger partial charge in [-0.3, -0.25) is 9.59 Å². The number of carbonyl (C=O) groups excluding carboxylic acids is 4. The number of nitrogens with one attached hydrogen (secondary N) is 3. The standard InChI is InChI=1S/C43H45FN8O7.C3H8.C2H6O/c1-5-16-50(38(53)22-46-42(55)57-3)23-36-45-21-34(48-36)28-12-14-30-29(18-28)25-59-35-20-31-27(19-32(30)35)13-15-33-39(31)49-37(47-33)24-51(17-6-2)41(54)40(52(44)43(56)58-4)26-10-8-7-9-11-26;2*1-3-2/h7-15,18-21,40H,5-6,16-17,22-25H2,1-4H3,(H,45,48)(H,46,55)(H,47,49);3H2,1-2H3;1-2H3. The Hall–Kier alpha value is -7.01. The molecule has 3 heterocycles. The Labute approximate surface area is 378 Å². The molecule has 0 saturated carbocycles. The Kier molecular flexibility index (Phi) is 17.8. The van der Waals surface area contributed by atoms with Gasteiger partial charge in [0, 0.05) is 38.3 Å². The van der Waals surface area contributed by atoms with Gasteiger partial charge in [-0.2, -0.15) is 0 Å². The molecule has 1 unspecified atom stereocenters. The quantitative estimate of drug-likeness (QED) is 0.0893. The highest BCUT2D eigenvalue weighted by Gasteiger charge is 2.36. The molecule has 6 aromatic rings. The molecular formula is C48H59FN8O8. The van der Waals surface area contributed by atoms with Crippen LogP contribution in [-0.2, 0) is 43.5 Å². The van der Waals surface area contributed by atoms with Crippen molar-refractivity contribution in [3.8, 4) is 28.1 Å². The van der Waals surface area contributed by atoms with E-state index in [1.807, 2.05) is 38.1 Å². The van der Waals surface area contributed by atoms with E-state index in [9.17, 15) is 19.2 Å². The number of halogens is 1. The molecule has 17 heteroatoms. The molecule has 3 N–H and O–H groups in total. The topological polar surface area (TPSA) is 184 Å². The van der Waals surface area contributed by atoms with Gasteiger partial charge in [0.25, 0.3) is 5.91 Å². The van der Waals surface area contributed by atoms with E-state index in [0.717, 1.165) is 57.8 Å². The molecule has 0 radical (unpaired) electrons. The van der Waals surface area contributed by atoms with Crippen molar-refractivity contribution in [2.75, 3.05) is 48.1 Å². The first-order valence-corrected chi connectivity index (χ1v) is 21.6. The number of carbonyl (C=O) groups is 4. The van der Waals surface area contributed by atoms with E-state index in [1.54, 1.807) is 55.6 Å². The molecule has 16 nitrogen and oxygen atoms in total. The third-order valence-electron chi connectivity index (χ3n) is 10.2. The summed E-state index contributed by atoms with van der Waals surface area (Å²) >= 11 is 0. The number of hydrogen-bond acceptors (Lipinski definition) is 10. The summed E-state index contributed by atoms with van der Waals surface area (Å²) in [4.78, 5) is 69.7. The van der Waals surface area contributed by atoms with E-state index in [0.29, 0.717) is 54.6 Å². The van der Waals surface area contributed by atoms with E-state index >= 15 is 4.48 Å². The number of fused-ring (bicyclic) bond motifs is 6. The maximum atomic E-state index is 15.4. The van der Waals surface area contributed by atoms with Crippen LogP contribution in [0.1, 0.15) is 75.8 Å². The first-order chi connectivity index (χ1) is 31.4. The van der Waals surface area contributed by atoms with E-state index in [4.69, 9.17) is 9.72 Å². The van der Waals surface area contributed by atoms with Crippen molar-refractivity contribution in [2.45, 2.75) is 72.7 Å². The second kappa shape index (κ2) is 23.6. The number of nitrogens with zero attached hydrogens (tertiary/aromatic N) is 5. The van der Waals surface area contributed by atoms with Gasteiger partial charge in [0.1, 0.15) is 30.5 Å². The molecule has 7 rings (SSSR count). The molecule has 1 aliphatic rings. The third kappa shape index (κ3) is 12.0. The zero-order valence-corrected chi connectivity index (χ0v) is 38.3. The predicted octanol–water partition coefficient (Wildman–Crippen LogP) is 8.87. The number of H-pyrrole nitrogens is 2. The van der Waals surface area contributed by atoms with Crippen molar-refractivity contribution in [3.05, 3.63) is 102 Å². The number of aromatic nitrogens is 4. The molecule has 65 heavy (non-hydrogen) atoms. The van der Waals surface area contributed by atoms with Gasteiger partial charge in [-0.15, -0.1) is 5.12 Å². The summed E-state index contributed by atoms with van der Waals surface area (Å²) in [6.07, 6.45) is 2.39. The summed E-state index contributed by atoms with van der Waals surface area (Å²) in [6, 6.07) is 20.9. The molecule has 0 aliphatic carbocycles. The van der Waals surface area contributed by atoms with Gasteiger partial charge < -0.3 is 44.0 Å². The minimum Gasteiger partial charge on any atom is -0.488 e. The molecule has 2 aromatic heterocycles. The van der Waals surface area contributed by atoms with Gasteiger partial charge in [-0.05, 0) is 64.7 Å². The van der Waals surface area contributed by atoms with E-state index in [2.05, 4.69) is 66.5 Å². The lowest BCUT2D eigenvalue weighted by molar-refractivity contribution is -0.144. The van der Waals surface area contributed by atoms with Crippen LogP contribution in [0.5, 0.6) is 5.75 Å². The second-order valence-corrected chi connectivity index (χ2v) is 15.2. The SMILES string of the molecule is CCC.CCCN(Cc1ncc(-c2ccc3c(c2)COc2cc4c(ccc5[nH]c(CN(CCC)C(=O)C(c6ccccc6)N(F)C(=O)OC)nc54)cc2-3)[nH]1)C(=O)CNC(=O)OC.COC.